The zero-order valence-electron chi connectivity index (χ0n) is 6.57. The molecular weight excluding hydrogens is 167 g/mol. The molecule has 0 spiro atoms. The van der Waals surface area contributed by atoms with Crippen molar-refractivity contribution in [3.05, 3.63) is 0 Å². The second kappa shape index (κ2) is 2.70. The van der Waals surface area contributed by atoms with E-state index in [0.717, 1.165) is 0 Å². The summed E-state index contributed by atoms with van der Waals surface area (Å²) < 4.78 is 20.7. The first-order valence-electron chi connectivity index (χ1n) is 3.33. The summed E-state index contributed by atoms with van der Waals surface area (Å²) in [4.78, 5) is 10.2. The monoisotopic (exact) mass is 178 g/mol. The fraction of sp³-hybridized carbons (Fsp3) is 0.833. The molecule has 0 aromatic heterocycles. The van der Waals surface area contributed by atoms with Gasteiger partial charge in [0.15, 0.2) is 0 Å². The molecule has 1 rings (SSSR count). The van der Waals surface area contributed by atoms with E-state index in [-0.39, 0.29) is 11.4 Å². The van der Waals surface area contributed by atoms with Gasteiger partial charge in [-0.25, -0.2) is 0 Å². The predicted octanol–water partition coefficient (Wildman–Crippen LogP) is 1.44. The van der Waals surface area contributed by atoms with Crippen molar-refractivity contribution in [3.8, 4) is 0 Å². The van der Waals surface area contributed by atoms with Gasteiger partial charge >= 0.3 is 7.60 Å². The van der Waals surface area contributed by atoms with Gasteiger partial charge in [-0.1, -0.05) is 13.8 Å². The van der Waals surface area contributed by atoms with Crippen LogP contribution in [0.5, 0.6) is 0 Å². The molecule has 64 valence electrons. The van der Waals surface area contributed by atoms with Crippen LogP contribution in [0.4, 0.5) is 0 Å². The summed E-state index contributed by atoms with van der Waals surface area (Å²) in [5.74, 6) is 0. The predicted molar refractivity (Wildman–Crippen MR) is 40.0 cm³/mol. The van der Waals surface area contributed by atoms with Crippen LogP contribution in [0.15, 0.2) is 0 Å². The van der Waals surface area contributed by atoms with E-state index in [4.69, 9.17) is 9.05 Å². The molecule has 1 fully saturated rings. The quantitative estimate of drug-likeness (QED) is 0.450. The molecule has 0 saturated carbocycles. The van der Waals surface area contributed by atoms with Gasteiger partial charge in [0.2, 0.25) is 6.03 Å². The van der Waals surface area contributed by atoms with E-state index in [1.54, 1.807) is 0 Å². The molecular formula is C6H11O4P. The van der Waals surface area contributed by atoms with Gasteiger partial charge in [0.05, 0.1) is 13.2 Å². The zero-order chi connectivity index (χ0) is 8.54. The summed E-state index contributed by atoms with van der Waals surface area (Å²) in [7, 11) is -3.35. The molecule has 0 bridgehead atoms. The molecule has 4 nitrogen and oxygen atoms in total. The number of hydrogen-bond donors (Lipinski definition) is 0. The summed E-state index contributed by atoms with van der Waals surface area (Å²) >= 11 is 0. The molecule has 0 radical (unpaired) electrons. The summed E-state index contributed by atoms with van der Waals surface area (Å²) in [5, 5.41) is 0. The topological polar surface area (TPSA) is 52.6 Å². The van der Waals surface area contributed by atoms with Crippen molar-refractivity contribution in [2.75, 3.05) is 13.2 Å². The molecule has 1 heterocycles. The minimum atomic E-state index is -3.35. The Morgan fingerprint density at radius 1 is 1.36 bits per heavy atom. The van der Waals surface area contributed by atoms with Gasteiger partial charge < -0.3 is 9.05 Å². The average Bonchev–Trinajstić information content (AvgIpc) is 1.97. The number of carbonyl (C=O) groups excluding carboxylic acids is 1. The highest BCUT2D eigenvalue weighted by Crippen LogP contribution is 2.50. The van der Waals surface area contributed by atoms with E-state index in [0.29, 0.717) is 13.2 Å². The minimum absolute atomic E-state index is 0.142. The molecule has 1 aliphatic heterocycles. The van der Waals surface area contributed by atoms with Crippen molar-refractivity contribution < 1.29 is 18.4 Å². The van der Waals surface area contributed by atoms with E-state index in [2.05, 4.69) is 0 Å². The molecule has 5 heteroatoms. The third-order valence-corrected chi connectivity index (χ3v) is 2.64. The Morgan fingerprint density at radius 3 is 2.18 bits per heavy atom. The van der Waals surface area contributed by atoms with Crippen molar-refractivity contribution in [2.24, 2.45) is 5.41 Å². The summed E-state index contributed by atoms with van der Waals surface area (Å²) in [6, 6.07) is 0.252. The van der Waals surface area contributed by atoms with Crippen molar-refractivity contribution in [1.29, 1.82) is 0 Å². The maximum absolute atomic E-state index is 11.1. The van der Waals surface area contributed by atoms with Crippen LogP contribution in [-0.4, -0.2) is 19.2 Å². The number of rotatable bonds is 1. The van der Waals surface area contributed by atoms with Crippen molar-refractivity contribution >= 4 is 13.6 Å². The van der Waals surface area contributed by atoms with Crippen LogP contribution in [0.3, 0.4) is 0 Å². The highest BCUT2D eigenvalue weighted by molar-refractivity contribution is 7.69. The van der Waals surface area contributed by atoms with Crippen LogP contribution < -0.4 is 0 Å². The standard InChI is InChI=1S/C6H11O4P/c1-6(2)3-9-11(8,5-7)10-4-6/h5H,3-4H2,1-2H3. The Kier molecular flexibility index (Phi) is 2.19. The van der Waals surface area contributed by atoms with Crippen LogP contribution in [-0.2, 0) is 18.4 Å². The van der Waals surface area contributed by atoms with Crippen LogP contribution in [0.1, 0.15) is 13.8 Å². The van der Waals surface area contributed by atoms with Crippen molar-refractivity contribution in [1.82, 2.24) is 0 Å². The second-order valence-corrected chi connectivity index (χ2v) is 5.16. The van der Waals surface area contributed by atoms with Gasteiger partial charge in [-0.2, -0.15) is 0 Å². The number of carbonyl (C=O) groups is 1. The maximum atomic E-state index is 11.1. The molecule has 1 aliphatic rings. The first kappa shape index (κ1) is 8.91. The van der Waals surface area contributed by atoms with Crippen LogP contribution >= 0.6 is 7.60 Å². The smallest absolute Gasteiger partial charge is 0.303 e. The van der Waals surface area contributed by atoms with Crippen LogP contribution in [0.2, 0.25) is 0 Å². The Balaban J connectivity index is 2.62. The van der Waals surface area contributed by atoms with Crippen LogP contribution in [0.25, 0.3) is 0 Å². The summed E-state index contributed by atoms with van der Waals surface area (Å²) in [5.41, 5.74) is -0.142. The van der Waals surface area contributed by atoms with Crippen molar-refractivity contribution in [3.63, 3.8) is 0 Å². The molecule has 0 N–H and O–H groups in total. The third kappa shape index (κ3) is 2.12. The highest BCUT2D eigenvalue weighted by Gasteiger charge is 2.36. The lowest BCUT2D eigenvalue weighted by atomic mass is 9.97. The van der Waals surface area contributed by atoms with Gasteiger partial charge in [0.25, 0.3) is 0 Å². The Labute approximate surface area is 65.4 Å². The van der Waals surface area contributed by atoms with Crippen LogP contribution in [0, 0.1) is 5.41 Å². The van der Waals surface area contributed by atoms with E-state index >= 15 is 0 Å². The lowest BCUT2D eigenvalue weighted by Gasteiger charge is -2.31. The Morgan fingerprint density at radius 2 is 1.82 bits per heavy atom. The number of hydrogen-bond acceptors (Lipinski definition) is 4. The lowest BCUT2D eigenvalue weighted by Crippen LogP contribution is -2.29. The normalized spacial score (nSPS) is 27.8. The van der Waals surface area contributed by atoms with Gasteiger partial charge in [0.1, 0.15) is 0 Å². The fourth-order valence-corrected chi connectivity index (χ4v) is 1.92. The second-order valence-electron chi connectivity index (χ2n) is 3.36. The molecule has 0 amide bonds. The van der Waals surface area contributed by atoms with E-state index in [1.165, 1.54) is 0 Å². The average molecular weight is 178 g/mol. The molecule has 11 heavy (non-hydrogen) atoms. The van der Waals surface area contributed by atoms with E-state index < -0.39 is 7.60 Å². The molecule has 0 unspecified atom stereocenters. The van der Waals surface area contributed by atoms with E-state index in [9.17, 15) is 9.36 Å². The Hall–Kier alpha value is -0.180. The highest BCUT2D eigenvalue weighted by atomic mass is 31.2. The first-order chi connectivity index (χ1) is 4.97. The van der Waals surface area contributed by atoms with Gasteiger partial charge in [-0.05, 0) is 0 Å². The molecule has 0 aliphatic carbocycles. The van der Waals surface area contributed by atoms with Gasteiger partial charge in [-0.3, -0.25) is 9.36 Å². The van der Waals surface area contributed by atoms with Gasteiger partial charge in [-0.15, -0.1) is 0 Å². The molecule has 0 atom stereocenters. The Bertz CT molecular complexity index is 197. The minimum Gasteiger partial charge on any atom is -0.303 e. The van der Waals surface area contributed by atoms with E-state index in [1.807, 2.05) is 13.8 Å². The molecule has 1 saturated heterocycles. The molecule has 0 aromatic carbocycles. The van der Waals surface area contributed by atoms with Crippen molar-refractivity contribution in [2.45, 2.75) is 13.8 Å². The first-order valence-corrected chi connectivity index (χ1v) is 4.94. The summed E-state index contributed by atoms with van der Waals surface area (Å²) in [6.45, 7) is 4.45. The largest absolute Gasteiger partial charge is 0.393 e. The maximum Gasteiger partial charge on any atom is 0.393 e. The molecule has 0 aromatic rings. The van der Waals surface area contributed by atoms with Gasteiger partial charge in [0, 0.05) is 5.41 Å². The lowest BCUT2D eigenvalue weighted by molar-refractivity contribution is 0.0474. The fourth-order valence-electron chi connectivity index (χ4n) is 0.669. The third-order valence-electron chi connectivity index (χ3n) is 1.40. The SMILES string of the molecule is CC1(C)COP(=O)(C=O)OC1. The summed E-state index contributed by atoms with van der Waals surface area (Å²) in [6.07, 6.45) is 0. The zero-order valence-corrected chi connectivity index (χ0v) is 7.47.